The first-order valence-electron chi connectivity index (χ1n) is 5.30. The maximum Gasteiger partial charge on any atom is 0.168 e. The van der Waals surface area contributed by atoms with Gasteiger partial charge in [0.05, 0.1) is 5.70 Å². The van der Waals surface area contributed by atoms with Crippen LogP contribution < -0.4 is 5.32 Å². The lowest BCUT2D eigenvalue weighted by Gasteiger charge is -2.16. The molecule has 2 aliphatic heterocycles. The Morgan fingerprint density at radius 2 is 2.19 bits per heavy atom. The number of hydrogen-bond donors (Lipinski definition) is 1. The van der Waals surface area contributed by atoms with Crippen molar-refractivity contribution in [3.63, 3.8) is 0 Å². The summed E-state index contributed by atoms with van der Waals surface area (Å²) >= 11 is 1.84. The van der Waals surface area contributed by atoms with Gasteiger partial charge in [-0.1, -0.05) is 30.3 Å². The summed E-state index contributed by atoms with van der Waals surface area (Å²) in [7, 11) is 0. The highest BCUT2D eigenvalue weighted by atomic mass is 32.2. The molecule has 2 heterocycles. The van der Waals surface area contributed by atoms with Gasteiger partial charge in [0.15, 0.2) is 6.29 Å². The van der Waals surface area contributed by atoms with Gasteiger partial charge in [0.25, 0.3) is 0 Å². The molecule has 1 unspecified atom stereocenters. The third-order valence-electron chi connectivity index (χ3n) is 2.90. The highest BCUT2D eigenvalue weighted by molar-refractivity contribution is 8.00. The summed E-state index contributed by atoms with van der Waals surface area (Å²) in [6.45, 7) is 0.951. The molecule has 0 bridgehead atoms. The predicted octanol–water partition coefficient (Wildman–Crippen LogP) is 1.49. The van der Waals surface area contributed by atoms with E-state index >= 15 is 0 Å². The molecular formula is C12H12N2OS. The minimum Gasteiger partial charge on any atom is -0.354 e. The molecule has 1 atom stereocenters. The van der Waals surface area contributed by atoms with Crippen LogP contribution >= 0.6 is 11.8 Å². The molecule has 1 aromatic carbocycles. The molecular weight excluding hydrogens is 220 g/mol. The minimum absolute atomic E-state index is 0.246. The molecule has 0 amide bonds. The summed E-state index contributed by atoms with van der Waals surface area (Å²) in [5, 5.41) is 3.41. The van der Waals surface area contributed by atoms with Gasteiger partial charge in [-0.25, -0.2) is 0 Å². The number of fused-ring (bicyclic) bond motifs is 1. The summed E-state index contributed by atoms with van der Waals surface area (Å²) in [5.74, 6) is 1.08. The number of nitrogens with one attached hydrogen (secondary N) is 1. The topological polar surface area (TPSA) is 32.3 Å². The second-order valence-electron chi connectivity index (χ2n) is 3.80. The Hall–Kier alpha value is -1.42. The van der Waals surface area contributed by atoms with Gasteiger partial charge in [-0.15, -0.1) is 11.8 Å². The molecule has 0 saturated carbocycles. The van der Waals surface area contributed by atoms with Gasteiger partial charge in [-0.3, -0.25) is 4.79 Å². The largest absolute Gasteiger partial charge is 0.354 e. The third kappa shape index (κ3) is 1.41. The number of carbonyl (C=O) groups excluding carboxylic acids is 1. The van der Waals surface area contributed by atoms with E-state index in [-0.39, 0.29) is 5.50 Å². The first kappa shape index (κ1) is 9.78. The number of benzene rings is 1. The van der Waals surface area contributed by atoms with Gasteiger partial charge in [0, 0.05) is 12.3 Å². The lowest BCUT2D eigenvalue weighted by atomic mass is 10.1. The number of thioether (sulfide) groups is 1. The Kier molecular flexibility index (Phi) is 2.36. The number of hydrogen-bond acceptors (Lipinski definition) is 4. The maximum atomic E-state index is 11.2. The van der Waals surface area contributed by atoms with Gasteiger partial charge in [0.2, 0.25) is 0 Å². The molecule has 1 fully saturated rings. The Bertz CT molecular complexity index is 444. The zero-order valence-corrected chi connectivity index (χ0v) is 9.54. The molecule has 16 heavy (non-hydrogen) atoms. The summed E-state index contributed by atoms with van der Waals surface area (Å²) in [5.41, 5.74) is 3.09. The predicted molar refractivity (Wildman–Crippen MR) is 65.5 cm³/mol. The zero-order valence-electron chi connectivity index (χ0n) is 8.72. The second kappa shape index (κ2) is 3.87. The number of aldehydes is 1. The van der Waals surface area contributed by atoms with E-state index < -0.39 is 0 Å². The fraction of sp³-hybridized carbons (Fsp3) is 0.250. The van der Waals surface area contributed by atoms with Crippen molar-refractivity contribution in [1.29, 1.82) is 0 Å². The standard InChI is InChI=1S/C12H12N2OS/c15-8-10-11(9-4-2-1-3-5-9)13-12-14(10)6-7-16-12/h1-5,8,12-13H,6-7H2. The zero-order chi connectivity index (χ0) is 11.0. The van der Waals surface area contributed by atoms with Crippen LogP contribution in [0.1, 0.15) is 5.56 Å². The SMILES string of the molecule is O=CC1=C(c2ccccc2)NC2SCCN12. The molecule has 2 aliphatic rings. The van der Waals surface area contributed by atoms with Gasteiger partial charge < -0.3 is 10.2 Å². The second-order valence-corrected chi connectivity index (χ2v) is 4.99. The molecule has 0 aromatic heterocycles. The fourth-order valence-corrected chi connectivity index (χ4v) is 3.27. The smallest absolute Gasteiger partial charge is 0.168 e. The average Bonchev–Trinajstić information content (AvgIpc) is 2.89. The number of carbonyl (C=O) groups is 1. The number of nitrogens with zero attached hydrogens (tertiary/aromatic N) is 1. The summed E-state index contributed by atoms with van der Waals surface area (Å²) < 4.78 is 0. The van der Waals surface area contributed by atoms with Crippen LogP contribution in [-0.4, -0.2) is 29.0 Å². The van der Waals surface area contributed by atoms with Crippen LogP contribution in [0.2, 0.25) is 0 Å². The van der Waals surface area contributed by atoms with E-state index in [1.807, 2.05) is 42.1 Å². The molecule has 0 aliphatic carbocycles. The van der Waals surface area contributed by atoms with Gasteiger partial charge in [0.1, 0.15) is 11.2 Å². The summed E-state index contributed by atoms with van der Waals surface area (Å²) in [6, 6.07) is 10.0. The van der Waals surface area contributed by atoms with E-state index in [0.29, 0.717) is 0 Å². The van der Waals surface area contributed by atoms with Crippen molar-refractivity contribution in [3.8, 4) is 0 Å². The van der Waals surface area contributed by atoms with Crippen LogP contribution in [0.4, 0.5) is 0 Å². The van der Waals surface area contributed by atoms with Gasteiger partial charge in [-0.05, 0) is 5.56 Å². The van der Waals surface area contributed by atoms with Crippen LogP contribution in [0.25, 0.3) is 5.70 Å². The highest BCUT2D eigenvalue weighted by Crippen LogP contribution is 2.35. The van der Waals surface area contributed by atoms with Crippen molar-refractivity contribution < 1.29 is 4.79 Å². The van der Waals surface area contributed by atoms with Gasteiger partial charge in [-0.2, -0.15) is 0 Å². The van der Waals surface area contributed by atoms with Crippen LogP contribution in [0.5, 0.6) is 0 Å². The minimum atomic E-state index is 0.246. The van der Waals surface area contributed by atoms with E-state index in [1.165, 1.54) is 0 Å². The summed E-state index contributed by atoms with van der Waals surface area (Å²) in [4.78, 5) is 13.3. The van der Waals surface area contributed by atoms with Crippen LogP contribution in [0.3, 0.4) is 0 Å². The highest BCUT2D eigenvalue weighted by Gasteiger charge is 2.35. The van der Waals surface area contributed by atoms with Crippen molar-refractivity contribution in [2.45, 2.75) is 5.50 Å². The van der Waals surface area contributed by atoms with E-state index in [9.17, 15) is 4.79 Å². The number of allylic oxidation sites excluding steroid dienone is 1. The maximum absolute atomic E-state index is 11.2. The first-order valence-corrected chi connectivity index (χ1v) is 6.34. The molecule has 1 saturated heterocycles. The van der Waals surface area contributed by atoms with E-state index in [2.05, 4.69) is 10.2 Å². The molecule has 3 rings (SSSR count). The third-order valence-corrected chi connectivity index (χ3v) is 4.00. The van der Waals surface area contributed by atoms with Crippen molar-refractivity contribution in [1.82, 2.24) is 10.2 Å². The Morgan fingerprint density at radius 1 is 1.38 bits per heavy atom. The van der Waals surface area contributed by atoms with Gasteiger partial charge >= 0.3 is 0 Å². The first-order chi connectivity index (χ1) is 7.90. The van der Waals surface area contributed by atoms with Crippen LogP contribution in [-0.2, 0) is 4.79 Å². The normalized spacial score (nSPS) is 23.2. The van der Waals surface area contributed by atoms with Crippen molar-refractivity contribution in [2.75, 3.05) is 12.3 Å². The van der Waals surface area contributed by atoms with Crippen LogP contribution in [0.15, 0.2) is 36.0 Å². The van der Waals surface area contributed by atoms with Crippen molar-refractivity contribution in [2.24, 2.45) is 0 Å². The fourth-order valence-electron chi connectivity index (χ4n) is 2.14. The van der Waals surface area contributed by atoms with Crippen molar-refractivity contribution in [3.05, 3.63) is 41.6 Å². The molecule has 0 spiro atoms. The Labute approximate surface area is 98.5 Å². The molecule has 82 valence electrons. The van der Waals surface area contributed by atoms with E-state index in [0.717, 1.165) is 35.5 Å². The number of rotatable bonds is 2. The Balaban J connectivity index is 2.03. The lowest BCUT2D eigenvalue weighted by molar-refractivity contribution is -0.106. The van der Waals surface area contributed by atoms with Crippen molar-refractivity contribution >= 4 is 23.7 Å². The molecule has 4 heteroatoms. The molecule has 1 N–H and O–H groups in total. The Morgan fingerprint density at radius 3 is 2.94 bits per heavy atom. The molecule has 1 aromatic rings. The molecule has 3 nitrogen and oxygen atoms in total. The van der Waals surface area contributed by atoms with Crippen LogP contribution in [0, 0.1) is 0 Å². The average molecular weight is 232 g/mol. The summed E-state index contributed by atoms with van der Waals surface area (Å²) in [6.07, 6.45) is 0.960. The van der Waals surface area contributed by atoms with E-state index in [1.54, 1.807) is 0 Å². The monoisotopic (exact) mass is 232 g/mol. The lowest BCUT2D eigenvalue weighted by Crippen LogP contribution is -2.29. The quantitative estimate of drug-likeness (QED) is 0.783. The molecule has 0 radical (unpaired) electrons. The van der Waals surface area contributed by atoms with E-state index in [4.69, 9.17) is 0 Å².